The summed E-state index contributed by atoms with van der Waals surface area (Å²) in [6, 6.07) is 0. The summed E-state index contributed by atoms with van der Waals surface area (Å²) in [5, 5.41) is 5.55. The maximum absolute atomic E-state index is 6.03. The molecular weight excluding hydrogens is 82.0 g/mol. The Morgan fingerprint density at radius 1 is 1.83 bits per heavy atom. The molecule has 0 aromatic heterocycles. The molecule has 4 nitrogen and oxygen atoms in total. The number of hydrogen-bond acceptors (Lipinski definition) is 2. The van der Waals surface area contributed by atoms with Gasteiger partial charge in [-0.05, 0) is 10.3 Å². The predicted molar refractivity (Wildman–Crippen MR) is 20.8 cm³/mol. The van der Waals surface area contributed by atoms with E-state index >= 15 is 0 Å². The van der Waals surface area contributed by atoms with Crippen molar-refractivity contribution in [1.82, 2.24) is 0 Å². The molecule has 0 radical (unpaired) electrons. The predicted octanol–water partition coefficient (Wildman–Crippen LogP) is 0.325. The third kappa shape index (κ3) is 2.94. The molecule has 0 atom stereocenters. The van der Waals surface area contributed by atoms with Gasteiger partial charge in [0.15, 0.2) is 0 Å². The lowest BCUT2D eigenvalue weighted by molar-refractivity contribution is -0.291. The van der Waals surface area contributed by atoms with Gasteiger partial charge >= 0.3 is 6.40 Å². The van der Waals surface area contributed by atoms with Gasteiger partial charge in [0.2, 0.25) is 0 Å². The SMILES string of the molecule is C=[O+]/C=N/N=N. The van der Waals surface area contributed by atoms with E-state index in [0.29, 0.717) is 0 Å². The van der Waals surface area contributed by atoms with Crippen molar-refractivity contribution in [2.24, 2.45) is 10.3 Å². The van der Waals surface area contributed by atoms with E-state index in [1.165, 1.54) is 0 Å². The van der Waals surface area contributed by atoms with Crippen LogP contribution >= 0.6 is 0 Å². The highest BCUT2D eigenvalue weighted by Gasteiger charge is 1.64. The molecule has 32 valence electrons. The highest BCUT2D eigenvalue weighted by molar-refractivity contribution is 5.43. The third-order valence-corrected chi connectivity index (χ3v) is 0.179. The van der Waals surface area contributed by atoms with Crippen molar-refractivity contribution < 1.29 is 4.42 Å². The minimum absolute atomic E-state index is 0.965. The largest absolute Gasteiger partial charge is 0.433 e. The lowest BCUT2D eigenvalue weighted by Gasteiger charge is -1.50. The molecule has 0 saturated carbocycles. The standard InChI is InChI=1S/C2H4N3O/c1-6-2-4-5-3/h2-3H,1H2/q+1/b4-2+,5-3?. The van der Waals surface area contributed by atoms with Crippen molar-refractivity contribution in [3.63, 3.8) is 0 Å². The van der Waals surface area contributed by atoms with Crippen LogP contribution in [0.15, 0.2) is 10.3 Å². The Kier molecular flexibility index (Phi) is 3.24. The van der Waals surface area contributed by atoms with Crippen molar-refractivity contribution in [2.75, 3.05) is 0 Å². The highest BCUT2D eigenvalue weighted by Crippen LogP contribution is 1.57. The molecule has 0 aliphatic carbocycles. The minimum Gasteiger partial charge on any atom is -0.209 e. The van der Waals surface area contributed by atoms with Gasteiger partial charge in [0, 0.05) is 0 Å². The Balaban J connectivity index is 3.17. The van der Waals surface area contributed by atoms with Gasteiger partial charge in [0.05, 0.1) is 0 Å². The van der Waals surface area contributed by atoms with Gasteiger partial charge in [-0.1, -0.05) is 0 Å². The fourth-order valence-electron chi connectivity index (χ4n) is 0.0569. The van der Waals surface area contributed by atoms with E-state index in [4.69, 9.17) is 5.53 Å². The Labute approximate surface area is 34.7 Å². The molecule has 0 amide bonds. The zero-order valence-electron chi connectivity index (χ0n) is 3.09. The molecule has 0 saturated heterocycles. The molecule has 0 heterocycles. The van der Waals surface area contributed by atoms with E-state index < -0.39 is 0 Å². The molecule has 0 spiro atoms. The van der Waals surface area contributed by atoms with Crippen LogP contribution < -0.4 is 0 Å². The fourth-order valence-corrected chi connectivity index (χ4v) is 0.0569. The van der Waals surface area contributed by atoms with Crippen molar-refractivity contribution in [3.05, 3.63) is 0 Å². The van der Waals surface area contributed by atoms with Gasteiger partial charge in [0.25, 0.3) is 6.79 Å². The summed E-state index contributed by atoms with van der Waals surface area (Å²) in [6.07, 6.45) is 0.965. The van der Waals surface area contributed by atoms with Crippen LogP contribution in [0.25, 0.3) is 0 Å². The monoisotopic (exact) mass is 86.0 g/mol. The van der Waals surface area contributed by atoms with Crippen LogP contribution in [0.5, 0.6) is 0 Å². The molecule has 6 heavy (non-hydrogen) atoms. The van der Waals surface area contributed by atoms with Crippen LogP contribution in [-0.2, 0) is 4.42 Å². The summed E-state index contributed by atoms with van der Waals surface area (Å²) in [4.78, 5) is 0. The fraction of sp³-hybridized carbons (Fsp3) is 0. The third-order valence-electron chi connectivity index (χ3n) is 0.179. The molecule has 0 aromatic carbocycles. The van der Waals surface area contributed by atoms with Crippen molar-refractivity contribution in [2.45, 2.75) is 0 Å². The van der Waals surface area contributed by atoms with Gasteiger partial charge < -0.3 is 0 Å². The van der Waals surface area contributed by atoms with E-state index in [0.717, 1.165) is 6.40 Å². The molecule has 0 aliphatic rings. The zero-order valence-corrected chi connectivity index (χ0v) is 3.09. The summed E-state index contributed by atoms with van der Waals surface area (Å²) < 4.78 is 4.03. The van der Waals surface area contributed by atoms with Gasteiger partial charge in [-0.25, -0.2) is 4.42 Å². The molecule has 1 N–H and O–H groups in total. The Morgan fingerprint density at radius 2 is 2.50 bits per heavy atom. The zero-order chi connectivity index (χ0) is 4.83. The minimum atomic E-state index is 0.965. The van der Waals surface area contributed by atoms with E-state index in [2.05, 4.69) is 21.5 Å². The number of carbonyl (C=O) groups excluding carboxylic acids is 1. The van der Waals surface area contributed by atoms with E-state index in [1.54, 1.807) is 0 Å². The highest BCUT2D eigenvalue weighted by atomic mass is 16.4. The lowest BCUT2D eigenvalue weighted by Crippen LogP contribution is -1.62. The average Bonchev–Trinajstić information content (AvgIpc) is 1.61. The molecule has 0 aromatic rings. The maximum Gasteiger partial charge on any atom is 0.433 e. The summed E-state index contributed by atoms with van der Waals surface area (Å²) in [7, 11) is 0. The first-order chi connectivity index (χ1) is 2.91. The van der Waals surface area contributed by atoms with Crippen molar-refractivity contribution in [1.29, 1.82) is 5.53 Å². The summed E-state index contributed by atoms with van der Waals surface area (Å²) in [5.74, 6) is 0. The Bertz CT molecular complexity index is 66.9. The van der Waals surface area contributed by atoms with Gasteiger partial charge in [-0.15, -0.1) is 0 Å². The Hall–Kier alpha value is -1.06. The Morgan fingerprint density at radius 3 is 2.67 bits per heavy atom. The maximum atomic E-state index is 6.03. The molecule has 4 heteroatoms. The summed E-state index contributed by atoms with van der Waals surface area (Å²) in [6.45, 7) is 2.93. The number of rotatable bonds is 2. The number of nitrogens with zero attached hydrogens (tertiary/aromatic N) is 2. The topological polar surface area (TPSA) is 59.9 Å². The first-order valence-corrected chi connectivity index (χ1v) is 1.21. The second-order valence-electron chi connectivity index (χ2n) is 0.488. The van der Waals surface area contributed by atoms with Crippen LogP contribution in [0, 0.1) is 5.53 Å². The quantitative estimate of drug-likeness (QED) is 0.165. The summed E-state index contributed by atoms with van der Waals surface area (Å²) >= 11 is 0. The average molecular weight is 86.1 g/mol. The van der Waals surface area contributed by atoms with E-state index in [-0.39, 0.29) is 0 Å². The van der Waals surface area contributed by atoms with Crippen LogP contribution in [-0.4, -0.2) is 13.2 Å². The number of nitrogens with one attached hydrogen (secondary N) is 1. The molecule has 0 bridgehead atoms. The van der Waals surface area contributed by atoms with Gasteiger partial charge in [-0.2, -0.15) is 5.53 Å². The normalized spacial score (nSPS) is 8.67. The second-order valence-corrected chi connectivity index (χ2v) is 0.488. The van der Waals surface area contributed by atoms with Crippen molar-refractivity contribution in [3.8, 4) is 0 Å². The van der Waals surface area contributed by atoms with Crippen LogP contribution in [0.4, 0.5) is 0 Å². The van der Waals surface area contributed by atoms with Gasteiger partial charge in [0.1, 0.15) is 0 Å². The van der Waals surface area contributed by atoms with E-state index in [1.807, 2.05) is 0 Å². The van der Waals surface area contributed by atoms with Crippen LogP contribution in [0.3, 0.4) is 0 Å². The summed E-state index contributed by atoms with van der Waals surface area (Å²) in [5.41, 5.74) is 6.03. The molecule has 0 fully saturated rings. The first kappa shape index (κ1) is 4.94. The van der Waals surface area contributed by atoms with Crippen molar-refractivity contribution >= 4 is 13.2 Å². The van der Waals surface area contributed by atoms with Crippen LogP contribution in [0.1, 0.15) is 0 Å². The molecule has 0 aliphatic heterocycles. The van der Waals surface area contributed by atoms with Crippen LogP contribution in [0.2, 0.25) is 0 Å². The smallest absolute Gasteiger partial charge is 0.209 e. The first-order valence-electron chi connectivity index (χ1n) is 1.21. The lowest BCUT2D eigenvalue weighted by atomic mass is 11.5. The molecule has 0 rings (SSSR count). The second kappa shape index (κ2) is 3.94. The van der Waals surface area contributed by atoms with E-state index in [9.17, 15) is 0 Å². The van der Waals surface area contributed by atoms with Gasteiger partial charge in [-0.3, -0.25) is 0 Å². The molecular formula is C2H4N3O+. The number of hydrogen-bond donors (Lipinski definition) is 1. The molecule has 0 unspecified atom stereocenters.